The molecule has 1 rings (SSSR count). The first kappa shape index (κ1) is 17.2. The topological polar surface area (TPSA) is 81.7 Å². The monoisotopic (exact) mass is 337 g/mol. The maximum Gasteiger partial charge on any atom is 0.413 e. The van der Waals surface area contributed by atoms with Crippen LogP contribution in [0, 0.1) is 5.82 Å². The van der Waals surface area contributed by atoms with Gasteiger partial charge in [0.2, 0.25) is 0 Å². The number of nitrogens with one attached hydrogen (secondary N) is 1. The molecule has 2 amide bonds. The van der Waals surface area contributed by atoms with Crippen molar-refractivity contribution in [3.05, 3.63) is 33.6 Å². The molecule has 6 nitrogen and oxygen atoms in total. The van der Waals surface area contributed by atoms with Crippen molar-refractivity contribution in [2.75, 3.05) is 7.11 Å². The predicted molar refractivity (Wildman–Crippen MR) is 71.8 cm³/mol. The van der Waals surface area contributed by atoms with Gasteiger partial charge in [-0.25, -0.2) is 14.0 Å². The summed E-state index contributed by atoms with van der Waals surface area (Å²) in [5.74, 6) is -2.80. The largest absolute Gasteiger partial charge is 0.453 e. The lowest BCUT2D eigenvalue weighted by atomic mass is 10.2. The van der Waals surface area contributed by atoms with Crippen molar-refractivity contribution in [1.29, 1.82) is 0 Å². The van der Waals surface area contributed by atoms with Crippen LogP contribution in [0.15, 0.2) is 12.1 Å². The van der Waals surface area contributed by atoms with Crippen LogP contribution in [0.5, 0.6) is 0 Å². The van der Waals surface area contributed by atoms with Crippen LogP contribution in [-0.4, -0.2) is 31.2 Å². The van der Waals surface area contributed by atoms with Crippen LogP contribution in [0.3, 0.4) is 0 Å². The molecule has 0 radical (unpaired) electrons. The minimum Gasteiger partial charge on any atom is -0.453 e. The SMILES string of the molecule is COC(=O)NC(=O)[C@@H](C)OC(=O)c1cc(F)c(Cl)cc1Cl. The quantitative estimate of drug-likeness (QED) is 0.677. The number of alkyl carbamates (subject to hydrolysis) is 1. The average Bonchev–Trinajstić information content (AvgIpc) is 2.42. The normalized spacial score (nSPS) is 11.5. The van der Waals surface area contributed by atoms with E-state index in [2.05, 4.69) is 4.74 Å². The highest BCUT2D eigenvalue weighted by Crippen LogP contribution is 2.25. The Morgan fingerprint density at radius 1 is 1.24 bits per heavy atom. The van der Waals surface area contributed by atoms with Crippen LogP contribution < -0.4 is 5.32 Å². The van der Waals surface area contributed by atoms with E-state index in [1.54, 1.807) is 0 Å². The smallest absolute Gasteiger partial charge is 0.413 e. The second kappa shape index (κ2) is 7.24. The summed E-state index contributed by atoms with van der Waals surface area (Å²) in [5.41, 5.74) is -0.295. The van der Waals surface area contributed by atoms with E-state index in [1.807, 2.05) is 5.32 Å². The molecule has 0 aliphatic heterocycles. The van der Waals surface area contributed by atoms with Crippen molar-refractivity contribution in [1.82, 2.24) is 5.32 Å². The Morgan fingerprint density at radius 2 is 1.86 bits per heavy atom. The molecular formula is C12H10Cl2FNO5. The van der Waals surface area contributed by atoms with E-state index in [0.717, 1.165) is 19.2 Å². The zero-order valence-corrected chi connectivity index (χ0v) is 12.4. The molecule has 0 aliphatic carbocycles. The molecule has 114 valence electrons. The number of imide groups is 1. The number of hydrogen-bond acceptors (Lipinski definition) is 5. The van der Waals surface area contributed by atoms with Crippen molar-refractivity contribution in [3.8, 4) is 0 Å². The summed E-state index contributed by atoms with van der Waals surface area (Å²) in [4.78, 5) is 34.1. The molecule has 0 fully saturated rings. The van der Waals surface area contributed by atoms with Crippen LogP contribution in [0.25, 0.3) is 0 Å². The van der Waals surface area contributed by atoms with Gasteiger partial charge < -0.3 is 9.47 Å². The van der Waals surface area contributed by atoms with Gasteiger partial charge in [0.25, 0.3) is 5.91 Å². The summed E-state index contributed by atoms with van der Waals surface area (Å²) in [7, 11) is 1.07. The first-order valence-corrected chi connectivity index (χ1v) is 6.26. The molecule has 9 heteroatoms. The van der Waals surface area contributed by atoms with Gasteiger partial charge in [-0.3, -0.25) is 10.1 Å². The van der Waals surface area contributed by atoms with E-state index in [9.17, 15) is 18.8 Å². The molecule has 0 aromatic heterocycles. The molecule has 1 atom stereocenters. The standard InChI is InChI=1S/C12H10Cl2FNO5/c1-5(10(17)16-12(19)20-2)21-11(18)6-3-9(15)8(14)4-7(6)13/h3-5H,1-2H3,(H,16,17,19)/t5-/m1/s1. The van der Waals surface area contributed by atoms with Gasteiger partial charge in [-0.2, -0.15) is 0 Å². The van der Waals surface area contributed by atoms with E-state index >= 15 is 0 Å². The van der Waals surface area contributed by atoms with Crippen LogP contribution in [0.4, 0.5) is 9.18 Å². The van der Waals surface area contributed by atoms with E-state index in [1.165, 1.54) is 6.92 Å². The number of carbonyl (C=O) groups excluding carboxylic acids is 3. The number of carbonyl (C=O) groups is 3. The van der Waals surface area contributed by atoms with Crippen molar-refractivity contribution in [2.45, 2.75) is 13.0 Å². The molecule has 1 aromatic rings. The highest BCUT2D eigenvalue weighted by atomic mass is 35.5. The van der Waals surface area contributed by atoms with Crippen molar-refractivity contribution < 1.29 is 28.2 Å². The van der Waals surface area contributed by atoms with Gasteiger partial charge in [0, 0.05) is 0 Å². The molecule has 0 bridgehead atoms. The number of ether oxygens (including phenoxy) is 2. The number of esters is 1. The Labute approximate surface area is 129 Å². The van der Waals surface area contributed by atoms with Gasteiger partial charge >= 0.3 is 12.1 Å². The lowest BCUT2D eigenvalue weighted by molar-refractivity contribution is -0.128. The Bertz CT molecular complexity index is 593. The van der Waals surface area contributed by atoms with Gasteiger partial charge in [0.05, 0.1) is 22.7 Å². The summed E-state index contributed by atoms with van der Waals surface area (Å²) in [6, 6.07) is 1.83. The number of hydrogen-bond donors (Lipinski definition) is 1. The van der Waals surface area contributed by atoms with E-state index in [4.69, 9.17) is 27.9 Å². The third kappa shape index (κ3) is 4.57. The number of methoxy groups -OCH3 is 1. The highest BCUT2D eigenvalue weighted by molar-refractivity contribution is 6.36. The third-order valence-corrected chi connectivity index (χ3v) is 2.90. The van der Waals surface area contributed by atoms with E-state index in [-0.39, 0.29) is 15.6 Å². The van der Waals surface area contributed by atoms with Gasteiger partial charge in [-0.05, 0) is 19.1 Å². The Kier molecular flexibility index (Phi) is 5.92. The van der Waals surface area contributed by atoms with Gasteiger partial charge in [-0.15, -0.1) is 0 Å². The third-order valence-electron chi connectivity index (χ3n) is 2.29. The van der Waals surface area contributed by atoms with E-state index < -0.39 is 29.9 Å². The summed E-state index contributed by atoms with van der Waals surface area (Å²) < 4.78 is 22.3. The number of amides is 2. The molecule has 1 aromatic carbocycles. The summed E-state index contributed by atoms with van der Waals surface area (Å²) >= 11 is 11.2. The summed E-state index contributed by atoms with van der Waals surface area (Å²) in [6.45, 7) is 1.22. The van der Waals surface area contributed by atoms with Crippen molar-refractivity contribution in [3.63, 3.8) is 0 Å². The first-order chi connectivity index (χ1) is 9.76. The zero-order chi connectivity index (χ0) is 16.2. The molecular weight excluding hydrogens is 328 g/mol. The predicted octanol–water partition coefficient (Wildman–Crippen LogP) is 2.56. The molecule has 0 saturated carbocycles. The lowest BCUT2D eigenvalue weighted by Gasteiger charge is -2.13. The van der Waals surface area contributed by atoms with Crippen LogP contribution in [0.2, 0.25) is 10.0 Å². The Morgan fingerprint density at radius 3 is 2.43 bits per heavy atom. The Balaban J connectivity index is 2.79. The van der Waals surface area contributed by atoms with Gasteiger partial charge in [0.15, 0.2) is 6.10 Å². The molecule has 21 heavy (non-hydrogen) atoms. The van der Waals surface area contributed by atoms with Crippen LogP contribution in [0.1, 0.15) is 17.3 Å². The maximum absolute atomic E-state index is 13.3. The molecule has 0 heterocycles. The molecule has 0 unspecified atom stereocenters. The second-order valence-corrected chi connectivity index (χ2v) is 4.59. The zero-order valence-electron chi connectivity index (χ0n) is 10.9. The number of rotatable bonds is 3. The van der Waals surface area contributed by atoms with Crippen LogP contribution >= 0.6 is 23.2 Å². The second-order valence-electron chi connectivity index (χ2n) is 3.77. The average molecular weight is 338 g/mol. The van der Waals surface area contributed by atoms with Gasteiger partial charge in [-0.1, -0.05) is 23.2 Å². The molecule has 0 spiro atoms. The maximum atomic E-state index is 13.3. The first-order valence-electron chi connectivity index (χ1n) is 5.50. The fourth-order valence-corrected chi connectivity index (χ4v) is 1.67. The van der Waals surface area contributed by atoms with Crippen molar-refractivity contribution in [2.24, 2.45) is 0 Å². The number of benzene rings is 1. The minimum absolute atomic E-state index is 0.132. The van der Waals surface area contributed by atoms with Crippen LogP contribution in [-0.2, 0) is 14.3 Å². The lowest BCUT2D eigenvalue weighted by Crippen LogP contribution is -2.39. The minimum atomic E-state index is -1.31. The fraction of sp³-hybridized carbons (Fsp3) is 0.250. The molecule has 1 N–H and O–H groups in total. The number of halogens is 3. The highest BCUT2D eigenvalue weighted by Gasteiger charge is 2.23. The molecule has 0 saturated heterocycles. The molecule has 0 aliphatic rings. The van der Waals surface area contributed by atoms with Gasteiger partial charge in [0.1, 0.15) is 5.82 Å². The van der Waals surface area contributed by atoms with E-state index in [0.29, 0.717) is 0 Å². The summed E-state index contributed by atoms with van der Waals surface area (Å²) in [6.07, 6.45) is -2.31. The Hall–Kier alpha value is -1.86. The summed E-state index contributed by atoms with van der Waals surface area (Å²) in [5, 5.41) is 1.43. The van der Waals surface area contributed by atoms with Crippen molar-refractivity contribution >= 4 is 41.2 Å². The fourth-order valence-electron chi connectivity index (χ4n) is 1.21.